The number of halogens is 1. The smallest absolute Gasteiger partial charge is 0.241 e. The maximum absolute atomic E-state index is 11.9. The maximum atomic E-state index is 11.9. The number of rotatable bonds is 7. The summed E-state index contributed by atoms with van der Waals surface area (Å²) in [5.74, 6) is 0. The summed E-state index contributed by atoms with van der Waals surface area (Å²) in [4.78, 5) is 1.14. The molecule has 1 aromatic heterocycles. The monoisotopic (exact) mass is 341 g/mol. The highest BCUT2D eigenvalue weighted by Crippen LogP contribution is 2.29. The average molecular weight is 342 g/mol. The van der Waals surface area contributed by atoms with E-state index in [1.165, 1.54) is 11.3 Å². The van der Waals surface area contributed by atoms with E-state index in [1.54, 1.807) is 13.0 Å². The molecule has 0 unspecified atom stereocenters. The van der Waals surface area contributed by atoms with Crippen LogP contribution in [0.5, 0.6) is 0 Å². The first-order valence-electron chi connectivity index (χ1n) is 5.30. The molecular weight excluding hydrogens is 326 g/mol. The van der Waals surface area contributed by atoms with Gasteiger partial charge in [0, 0.05) is 24.6 Å². The molecule has 0 fully saturated rings. The van der Waals surface area contributed by atoms with Gasteiger partial charge in [-0.25, -0.2) is 13.1 Å². The minimum atomic E-state index is -3.38. The molecule has 1 rings (SSSR count). The third kappa shape index (κ3) is 4.67. The van der Waals surface area contributed by atoms with Crippen molar-refractivity contribution in [2.75, 3.05) is 19.8 Å². The lowest BCUT2D eigenvalue weighted by atomic mass is 10.5. The number of ether oxygens (including phenoxy) is 1. The molecule has 0 spiro atoms. The van der Waals surface area contributed by atoms with Crippen molar-refractivity contribution in [1.29, 1.82) is 0 Å². The first-order valence-corrected chi connectivity index (χ1v) is 8.40. The first-order chi connectivity index (χ1) is 7.97. The molecule has 0 aliphatic rings. The first kappa shape index (κ1) is 15.1. The van der Waals surface area contributed by atoms with Crippen LogP contribution in [0.25, 0.3) is 0 Å². The number of hydrogen-bond donors (Lipinski definition) is 1. The van der Waals surface area contributed by atoms with Gasteiger partial charge in [0.2, 0.25) is 10.0 Å². The second-order valence-electron chi connectivity index (χ2n) is 3.42. The van der Waals surface area contributed by atoms with E-state index < -0.39 is 10.0 Å². The number of sulfonamides is 1. The van der Waals surface area contributed by atoms with Gasteiger partial charge >= 0.3 is 0 Å². The molecule has 0 amide bonds. The summed E-state index contributed by atoms with van der Waals surface area (Å²) in [6, 6.07) is 1.63. The molecular formula is C10H16BrNO3S2. The third-order valence-electron chi connectivity index (χ3n) is 2.09. The maximum Gasteiger partial charge on any atom is 0.241 e. The molecule has 1 aromatic rings. The third-order valence-corrected chi connectivity index (χ3v) is 5.36. The molecule has 1 heterocycles. The molecule has 0 saturated heterocycles. The van der Waals surface area contributed by atoms with Gasteiger partial charge < -0.3 is 4.74 Å². The van der Waals surface area contributed by atoms with Crippen LogP contribution in [0.3, 0.4) is 0 Å². The summed E-state index contributed by atoms with van der Waals surface area (Å²) in [6.45, 7) is 5.34. The zero-order valence-corrected chi connectivity index (χ0v) is 13.0. The van der Waals surface area contributed by atoms with Gasteiger partial charge in [-0.15, -0.1) is 11.3 Å². The molecule has 0 radical (unpaired) electrons. The Bertz CT molecular complexity index is 456. The van der Waals surface area contributed by atoms with Crippen LogP contribution in [0.4, 0.5) is 0 Å². The number of hydrogen-bond acceptors (Lipinski definition) is 4. The van der Waals surface area contributed by atoms with Crippen LogP contribution < -0.4 is 4.72 Å². The fourth-order valence-electron chi connectivity index (χ4n) is 1.30. The van der Waals surface area contributed by atoms with Crippen molar-refractivity contribution in [3.8, 4) is 0 Å². The number of nitrogens with one attached hydrogen (secondary N) is 1. The average Bonchev–Trinajstić information content (AvgIpc) is 2.58. The van der Waals surface area contributed by atoms with E-state index in [4.69, 9.17) is 4.74 Å². The molecule has 4 nitrogen and oxygen atoms in total. The minimum absolute atomic E-state index is 0.353. The molecule has 0 aliphatic heterocycles. The van der Waals surface area contributed by atoms with Crippen molar-refractivity contribution in [2.45, 2.75) is 25.2 Å². The fourth-order valence-corrected chi connectivity index (χ4v) is 4.79. The zero-order chi connectivity index (χ0) is 12.9. The highest BCUT2D eigenvalue weighted by Gasteiger charge is 2.18. The highest BCUT2D eigenvalue weighted by molar-refractivity contribution is 9.11. The van der Waals surface area contributed by atoms with Gasteiger partial charge in [0.05, 0.1) is 8.68 Å². The van der Waals surface area contributed by atoms with Crippen LogP contribution in [0, 0.1) is 6.92 Å². The molecule has 0 atom stereocenters. The fraction of sp³-hybridized carbons (Fsp3) is 0.600. The van der Waals surface area contributed by atoms with Gasteiger partial charge in [-0.3, -0.25) is 0 Å². The Balaban J connectivity index is 2.54. The summed E-state index contributed by atoms with van der Waals surface area (Å²) in [5.41, 5.74) is 0. The molecule has 1 N–H and O–H groups in total. The largest absolute Gasteiger partial charge is 0.382 e. The van der Waals surface area contributed by atoms with E-state index in [-0.39, 0.29) is 0 Å². The van der Waals surface area contributed by atoms with E-state index >= 15 is 0 Å². The van der Waals surface area contributed by atoms with Crippen LogP contribution in [-0.4, -0.2) is 28.2 Å². The summed E-state index contributed by atoms with van der Waals surface area (Å²) < 4.78 is 32.4. The van der Waals surface area contributed by atoms with Crippen molar-refractivity contribution in [3.05, 3.63) is 14.7 Å². The highest BCUT2D eigenvalue weighted by atomic mass is 79.9. The second-order valence-corrected chi connectivity index (χ2v) is 7.79. The Hall–Kier alpha value is 0.0500. The molecule has 0 aliphatic carbocycles. The molecule has 0 bridgehead atoms. The van der Waals surface area contributed by atoms with Crippen LogP contribution >= 0.6 is 27.3 Å². The number of aryl methyl sites for hydroxylation is 1. The van der Waals surface area contributed by atoms with Gasteiger partial charge in [0.15, 0.2) is 0 Å². The van der Waals surface area contributed by atoms with Gasteiger partial charge in [-0.2, -0.15) is 0 Å². The predicted octanol–water partition coefficient (Wildman–Crippen LogP) is 2.52. The lowest BCUT2D eigenvalue weighted by Crippen LogP contribution is -2.25. The quantitative estimate of drug-likeness (QED) is 0.775. The standard InChI is InChI=1S/C10H16BrNO3S2/c1-3-15-6-4-5-12-17(13,14)9-7-10(11)16-8(9)2/h7,12H,3-6H2,1-2H3. The van der Waals surface area contributed by atoms with Gasteiger partial charge in [0.1, 0.15) is 0 Å². The summed E-state index contributed by atoms with van der Waals surface area (Å²) in [6.07, 6.45) is 0.678. The second kappa shape index (κ2) is 6.84. The van der Waals surface area contributed by atoms with E-state index in [0.29, 0.717) is 31.1 Å². The minimum Gasteiger partial charge on any atom is -0.382 e. The molecule has 17 heavy (non-hydrogen) atoms. The number of thiophene rings is 1. The van der Waals surface area contributed by atoms with E-state index in [1.807, 2.05) is 6.92 Å². The van der Waals surface area contributed by atoms with Crippen molar-refractivity contribution in [1.82, 2.24) is 4.72 Å². The van der Waals surface area contributed by atoms with Crippen molar-refractivity contribution < 1.29 is 13.2 Å². The van der Waals surface area contributed by atoms with Crippen LogP contribution in [-0.2, 0) is 14.8 Å². The molecule has 98 valence electrons. The van der Waals surface area contributed by atoms with E-state index in [0.717, 1.165) is 8.66 Å². The lowest BCUT2D eigenvalue weighted by molar-refractivity contribution is 0.146. The predicted molar refractivity (Wildman–Crippen MR) is 73.1 cm³/mol. The van der Waals surface area contributed by atoms with Crippen LogP contribution in [0.2, 0.25) is 0 Å². The Morgan fingerprint density at radius 1 is 1.53 bits per heavy atom. The lowest BCUT2D eigenvalue weighted by Gasteiger charge is -2.06. The summed E-state index contributed by atoms with van der Waals surface area (Å²) in [7, 11) is -3.38. The summed E-state index contributed by atoms with van der Waals surface area (Å²) in [5, 5.41) is 0. The summed E-state index contributed by atoms with van der Waals surface area (Å²) >= 11 is 4.70. The Labute approximate surface area is 115 Å². The van der Waals surface area contributed by atoms with Crippen molar-refractivity contribution >= 4 is 37.3 Å². The van der Waals surface area contributed by atoms with Crippen molar-refractivity contribution in [2.24, 2.45) is 0 Å². The zero-order valence-electron chi connectivity index (χ0n) is 9.82. The van der Waals surface area contributed by atoms with Crippen molar-refractivity contribution in [3.63, 3.8) is 0 Å². The van der Waals surface area contributed by atoms with Gasteiger partial charge in [-0.05, 0) is 42.3 Å². The Kier molecular flexibility index (Phi) is 6.08. The van der Waals surface area contributed by atoms with Gasteiger partial charge in [-0.1, -0.05) is 0 Å². The van der Waals surface area contributed by atoms with E-state index in [2.05, 4.69) is 20.7 Å². The Morgan fingerprint density at radius 2 is 2.24 bits per heavy atom. The van der Waals surface area contributed by atoms with E-state index in [9.17, 15) is 8.42 Å². The topological polar surface area (TPSA) is 55.4 Å². The van der Waals surface area contributed by atoms with Crippen LogP contribution in [0.15, 0.2) is 14.7 Å². The Morgan fingerprint density at radius 3 is 2.76 bits per heavy atom. The van der Waals surface area contributed by atoms with Crippen LogP contribution in [0.1, 0.15) is 18.2 Å². The molecule has 0 aromatic carbocycles. The van der Waals surface area contributed by atoms with Gasteiger partial charge in [0.25, 0.3) is 0 Å². The normalized spacial score (nSPS) is 11.9. The molecule has 7 heteroatoms. The molecule has 0 saturated carbocycles. The SMILES string of the molecule is CCOCCCNS(=O)(=O)c1cc(Br)sc1C.